The molecule has 96 valence electrons. The van der Waals surface area contributed by atoms with Crippen molar-refractivity contribution in [2.45, 2.75) is 38.1 Å². The third-order valence-corrected chi connectivity index (χ3v) is 1.43. The monoisotopic (exact) mass is 238 g/mol. The van der Waals surface area contributed by atoms with Gasteiger partial charge in [-0.25, -0.2) is 9.59 Å². The van der Waals surface area contributed by atoms with E-state index in [2.05, 4.69) is 6.92 Å². The third kappa shape index (κ3) is 9.34. The Bertz CT molecular complexity index is 203. The van der Waals surface area contributed by atoms with Gasteiger partial charge in [0.1, 0.15) is 0 Å². The summed E-state index contributed by atoms with van der Waals surface area (Å²) in [4.78, 5) is 19.5. The second kappa shape index (κ2) is 9.04. The Morgan fingerprint density at radius 1 is 1.06 bits per heavy atom. The molecule has 2 unspecified atom stereocenters. The van der Waals surface area contributed by atoms with Crippen LogP contribution in [0.4, 0.5) is 0 Å². The number of aliphatic hydroxyl groups is 2. The van der Waals surface area contributed by atoms with E-state index in [4.69, 9.17) is 31.9 Å². The number of aliphatic hydroxyl groups excluding tert-OH is 2. The van der Waals surface area contributed by atoms with Crippen LogP contribution in [-0.4, -0.2) is 50.7 Å². The van der Waals surface area contributed by atoms with Crippen molar-refractivity contribution in [1.82, 2.24) is 0 Å². The van der Waals surface area contributed by atoms with Gasteiger partial charge in [-0.05, 0) is 6.42 Å². The van der Waals surface area contributed by atoms with Gasteiger partial charge in [0, 0.05) is 0 Å². The van der Waals surface area contributed by atoms with E-state index in [9.17, 15) is 9.59 Å². The first-order valence-corrected chi connectivity index (χ1v) is 4.56. The first-order chi connectivity index (χ1) is 7.23. The van der Waals surface area contributed by atoms with Crippen molar-refractivity contribution in [2.75, 3.05) is 0 Å². The molecule has 8 N–H and O–H groups in total. The quantitative estimate of drug-likeness (QED) is 0.296. The van der Waals surface area contributed by atoms with Crippen molar-refractivity contribution < 1.29 is 30.0 Å². The van der Waals surface area contributed by atoms with Crippen LogP contribution in [0.1, 0.15) is 19.8 Å². The summed E-state index contributed by atoms with van der Waals surface area (Å²) in [5.41, 5.74) is 10.4. The minimum absolute atomic E-state index is 0.102. The van der Waals surface area contributed by atoms with Crippen molar-refractivity contribution in [2.24, 2.45) is 11.5 Å². The minimum atomic E-state index is -2.27. The maximum atomic E-state index is 9.77. The van der Waals surface area contributed by atoms with Crippen LogP contribution in [0.3, 0.4) is 0 Å². The smallest absolute Gasteiger partial charge is 0.335 e. The number of carboxylic acid groups (broad SMARTS) is 2. The van der Waals surface area contributed by atoms with Gasteiger partial charge in [0.05, 0.1) is 6.17 Å². The van der Waals surface area contributed by atoms with Crippen LogP contribution >= 0.6 is 0 Å². The Balaban J connectivity index is 0. The molecule has 16 heavy (non-hydrogen) atoms. The van der Waals surface area contributed by atoms with Gasteiger partial charge in [0.25, 0.3) is 0 Å². The largest absolute Gasteiger partial charge is 0.479 e. The zero-order chi connectivity index (χ0) is 13.3. The van der Waals surface area contributed by atoms with Crippen molar-refractivity contribution in [1.29, 1.82) is 0 Å². The van der Waals surface area contributed by atoms with Crippen molar-refractivity contribution in [3.05, 3.63) is 0 Å². The molecule has 0 bridgehead atoms. The van der Waals surface area contributed by atoms with Crippen LogP contribution in [0.15, 0.2) is 0 Å². The van der Waals surface area contributed by atoms with E-state index in [-0.39, 0.29) is 6.17 Å². The van der Waals surface area contributed by atoms with Gasteiger partial charge in [-0.3, -0.25) is 0 Å². The van der Waals surface area contributed by atoms with Crippen molar-refractivity contribution >= 4 is 11.9 Å². The summed E-state index contributed by atoms with van der Waals surface area (Å²) in [6.07, 6.45) is -2.62. The van der Waals surface area contributed by atoms with Gasteiger partial charge in [-0.15, -0.1) is 0 Å². The van der Waals surface area contributed by atoms with Gasteiger partial charge in [-0.2, -0.15) is 0 Å². The maximum absolute atomic E-state index is 9.77. The van der Waals surface area contributed by atoms with E-state index in [1.54, 1.807) is 0 Å². The fourth-order valence-electron chi connectivity index (χ4n) is 0.603. The Hall–Kier alpha value is -1.22. The molecule has 2 atom stereocenters. The van der Waals surface area contributed by atoms with Crippen LogP contribution in [0.25, 0.3) is 0 Å². The SMILES string of the molecule is CCCC(N)N.O=C(O)C(O)C(O)C(=O)O. The highest BCUT2D eigenvalue weighted by Gasteiger charge is 2.29. The maximum Gasteiger partial charge on any atom is 0.335 e. The van der Waals surface area contributed by atoms with E-state index >= 15 is 0 Å². The van der Waals surface area contributed by atoms with Crippen LogP contribution < -0.4 is 11.5 Å². The van der Waals surface area contributed by atoms with Gasteiger partial charge in [0.15, 0.2) is 12.2 Å². The highest BCUT2D eigenvalue weighted by molar-refractivity contribution is 5.83. The number of carbonyl (C=O) groups is 2. The molecule has 0 heterocycles. The van der Waals surface area contributed by atoms with Crippen LogP contribution in [0.5, 0.6) is 0 Å². The zero-order valence-electron chi connectivity index (χ0n) is 8.91. The Morgan fingerprint density at radius 2 is 1.38 bits per heavy atom. The number of rotatable bonds is 5. The molecule has 0 aromatic carbocycles. The zero-order valence-corrected chi connectivity index (χ0v) is 8.91. The molecule has 0 rings (SSSR count). The molecule has 0 aliphatic carbocycles. The van der Waals surface area contributed by atoms with E-state index in [1.807, 2.05) is 0 Å². The molecule has 0 aliphatic rings. The molecule has 0 amide bonds. The van der Waals surface area contributed by atoms with Gasteiger partial charge >= 0.3 is 11.9 Å². The van der Waals surface area contributed by atoms with Gasteiger partial charge in [-0.1, -0.05) is 13.3 Å². The third-order valence-electron chi connectivity index (χ3n) is 1.43. The van der Waals surface area contributed by atoms with Crippen LogP contribution in [0.2, 0.25) is 0 Å². The average molecular weight is 238 g/mol. The molecule has 0 aliphatic heterocycles. The number of hydrogen-bond acceptors (Lipinski definition) is 6. The molecule has 0 saturated heterocycles. The molecule has 0 aromatic heterocycles. The average Bonchev–Trinajstić information content (AvgIpc) is 2.15. The van der Waals surface area contributed by atoms with Gasteiger partial charge < -0.3 is 31.9 Å². The molecule has 0 aromatic rings. The lowest BCUT2D eigenvalue weighted by Crippen LogP contribution is -2.39. The fourth-order valence-corrected chi connectivity index (χ4v) is 0.603. The van der Waals surface area contributed by atoms with Crippen molar-refractivity contribution in [3.8, 4) is 0 Å². The Labute approximate surface area is 92.5 Å². The molecule has 0 radical (unpaired) electrons. The summed E-state index contributed by atoms with van der Waals surface area (Å²) in [5, 5.41) is 32.5. The number of aliphatic carboxylic acids is 2. The van der Waals surface area contributed by atoms with E-state index in [0.717, 1.165) is 12.8 Å². The number of carboxylic acids is 2. The molecule has 0 fully saturated rings. The second-order valence-corrected chi connectivity index (χ2v) is 3.02. The molecule has 8 heteroatoms. The molecule has 8 nitrogen and oxygen atoms in total. The standard InChI is InChI=1S/C4H12N2.C4H6O6/c1-2-3-4(5)6;5-1(3(7)8)2(6)4(9)10/h4H,2-3,5-6H2,1H3;1-2,5-6H,(H,7,8)(H,9,10). The van der Waals surface area contributed by atoms with Crippen molar-refractivity contribution in [3.63, 3.8) is 0 Å². The molecular formula is C8H18N2O6. The second-order valence-electron chi connectivity index (χ2n) is 3.02. The first-order valence-electron chi connectivity index (χ1n) is 4.56. The summed E-state index contributed by atoms with van der Waals surface area (Å²) in [7, 11) is 0. The highest BCUT2D eigenvalue weighted by atomic mass is 16.4. The number of nitrogens with two attached hydrogens (primary N) is 2. The lowest BCUT2D eigenvalue weighted by Gasteiger charge is -2.07. The summed E-state index contributed by atoms with van der Waals surface area (Å²) in [5.74, 6) is -3.54. The summed E-state index contributed by atoms with van der Waals surface area (Å²) >= 11 is 0. The fraction of sp³-hybridized carbons (Fsp3) is 0.750. The van der Waals surface area contributed by atoms with E-state index in [0.29, 0.717) is 0 Å². The first kappa shape index (κ1) is 17.2. The van der Waals surface area contributed by atoms with Crippen LogP contribution in [0, 0.1) is 0 Å². The minimum Gasteiger partial charge on any atom is -0.479 e. The van der Waals surface area contributed by atoms with Crippen LogP contribution in [-0.2, 0) is 9.59 Å². The molecule has 0 spiro atoms. The topological polar surface area (TPSA) is 167 Å². The Morgan fingerprint density at radius 3 is 1.44 bits per heavy atom. The Kier molecular flexibility index (Phi) is 9.71. The molecule has 0 saturated carbocycles. The molecular weight excluding hydrogens is 220 g/mol. The summed E-state index contributed by atoms with van der Waals surface area (Å²) in [6.45, 7) is 2.06. The lowest BCUT2D eigenvalue weighted by atomic mass is 10.2. The number of hydrogen-bond donors (Lipinski definition) is 6. The summed E-state index contributed by atoms with van der Waals surface area (Å²) in [6, 6.07) is 0. The normalized spacial score (nSPS) is 13.6. The highest BCUT2D eigenvalue weighted by Crippen LogP contribution is 1.92. The predicted octanol–water partition coefficient (Wildman–Crippen LogP) is -2.09. The van der Waals surface area contributed by atoms with Gasteiger partial charge in [0.2, 0.25) is 0 Å². The summed E-state index contributed by atoms with van der Waals surface area (Å²) < 4.78 is 0. The lowest BCUT2D eigenvalue weighted by molar-refractivity contribution is -0.165. The predicted molar refractivity (Wildman–Crippen MR) is 54.4 cm³/mol. The van der Waals surface area contributed by atoms with E-state index < -0.39 is 24.1 Å². The van der Waals surface area contributed by atoms with E-state index in [1.165, 1.54) is 0 Å².